The van der Waals surface area contributed by atoms with Crippen molar-refractivity contribution in [3.63, 3.8) is 0 Å². The molecule has 0 bridgehead atoms. The fourth-order valence-corrected chi connectivity index (χ4v) is 4.70. The number of ether oxygens (including phenoxy) is 2. The minimum Gasteiger partial charge on any atom is -0.454 e. The molecule has 1 saturated heterocycles. The fourth-order valence-electron chi connectivity index (χ4n) is 4.14. The Balaban J connectivity index is 0.00000104. The summed E-state index contributed by atoms with van der Waals surface area (Å²) in [6.07, 6.45) is 5.43. The van der Waals surface area contributed by atoms with Gasteiger partial charge in [-0.1, -0.05) is 28.8 Å². The molecule has 2 aliphatic heterocycles. The average molecular weight is 440 g/mol. The zero-order chi connectivity index (χ0) is 14.9. The second-order valence-electron chi connectivity index (χ2n) is 6.50. The van der Waals surface area contributed by atoms with Crippen molar-refractivity contribution in [3.8, 4) is 11.5 Å². The topological polar surface area (TPSA) is 33.7 Å². The van der Waals surface area contributed by atoms with E-state index in [2.05, 4.69) is 38.3 Å². The van der Waals surface area contributed by atoms with Crippen LogP contribution in [0.4, 0.5) is 0 Å². The molecule has 7 heteroatoms. The molecule has 24 heavy (non-hydrogen) atoms. The zero-order valence-corrected chi connectivity index (χ0v) is 16.9. The number of hydrogen-bond acceptors (Lipinski definition) is 4. The molecule has 2 fully saturated rings. The number of nitrogens with one attached hydrogen (secondary N) is 1. The SMILES string of the molecule is Brc1cc2c(cc1[C@H](C1CCCC1)N1CCNCC1)OCO2.Cl.Cl. The van der Waals surface area contributed by atoms with Gasteiger partial charge in [0.25, 0.3) is 0 Å². The van der Waals surface area contributed by atoms with E-state index in [0.717, 1.165) is 48.1 Å². The van der Waals surface area contributed by atoms with Gasteiger partial charge in [-0.2, -0.15) is 0 Å². The Morgan fingerprint density at radius 1 is 1.04 bits per heavy atom. The number of benzene rings is 1. The smallest absolute Gasteiger partial charge is 0.231 e. The summed E-state index contributed by atoms with van der Waals surface area (Å²) in [7, 11) is 0. The molecule has 1 atom stereocenters. The van der Waals surface area contributed by atoms with Gasteiger partial charge in [-0.05, 0) is 36.5 Å². The van der Waals surface area contributed by atoms with E-state index in [4.69, 9.17) is 9.47 Å². The number of piperazine rings is 1. The molecule has 0 amide bonds. The van der Waals surface area contributed by atoms with Crippen LogP contribution in [0, 0.1) is 5.92 Å². The van der Waals surface area contributed by atoms with E-state index in [1.807, 2.05) is 0 Å². The number of rotatable bonds is 3. The molecule has 0 unspecified atom stereocenters. The predicted molar refractivity (Wildman–Crippen MR) is 104 cm³/mol. The van der Waals surface area contributed by atoms with Crippen molar-refractivity contribution in [2.24, 2.45) is 5.92 Å². The molecule has 2 heterocycles. The van der Waals surface area contributed by atoms with Crippen LogP contribution in [0.1, 0.15) is 37.3 Å². The van der Waals surface area contributed by atoms with Gasteiger partial charge in [-0.3, -0.25) is 4.90 Å². The lowest BCUT2D eigenvalue weighted by Gasteiger charge is -2.39. The van der Waals surface area contributed by atoms with Crippen molar-refractivity contribution in [2.45, 2.75) is 31.7 Å². The molecule has 1 aliphatic carbocycles. The fraction of sp³-hybridized carbons (Fsp3) is 0.647. The van der Waals surface area contributed by atoms with Crippen molar-refractivity contribution in [2.75, 3.05) is 33.0 Å². The maximum atomic E-state index is 5.62. The quantitative estimate of drug-likeness (QED) is 0.766. The Morgan fingerprint density at radius 3 is 2.33 bits per heavy atom. The molecule has 0 spiro atoms. The minimum atomic E-state index is 0. The van der Waals surface area contributed by atoms with Gasteiger partial charge in [-0.25, -0.2) is 0 Å². The Bertz CT molecular complexity index is 550. The average Bonchev–Trinajstić information content (AvgIpc) is 3.20. The van der Waals surface area contributed by atoms with Gasteiger partial charge in [0.05, 0.1) is 0 Å². The summed E-state index contributed by atoms with van der Waals surface area (Å²) in [5.74, 6) is 2.52. The van der Waals surface area contributed by atoms with E-state index in [-0.39, 0.29) is 24.8 Å². The Kier molecular flexibility index (Phi) is 7.50. The van der Waals surface area contributed by atoms with Gasteiger partial charge in [0.1, 0.15) is 0 Å². The number of nitrogens with zero attached hydrogens (tertiary/aromatic N) is 1. The maximum Gasteiger partial charge on any atom is 0.231 e. The van der Waals surface area contributed by atoms with Gasteiger partial charge < -0.3 is 14.8 Å². The summed E-state index contributed by atoms with van der Waals surface area (Å²) < 4.78 is 12.3. The lowest BCUT2D eigenvalue weighted by atomic mass is 9.89. The van der Waals surface area contributed by atoms with Crippen LogP contribution < -0.4 is 14.8 Å². The second-order valence-corrected chi connectivity index (χ2v) is 7.36. The van der Waals surface area contributed by atoms with Crippen LogP contribution in [-0.4, -0.2) is 37.9 Å². The third-order valence-corrected chi connectivity index (χ3v) is 5.89. The molecule has 4 nitrogen and oxygen atoms in total. The van der Waals surface area contributed by atoms with Crippen molar-refractivity contribution in [3.05, 3.63) is 22.2 Å². The lowest BCUT2D eigenvalue weighted by molar-refractivity contribution is 0.125. The first-order chi connectivity index (χ1) is 10.8. The molecule has 1 saturated carbocycles. The number of hydrogen-bond donors (Lipinski definition) is 1. The highest BCUT2D eigenvalue weighted by Gasteiger charge is 2.34. The van der Waals surface area contributed by atoms with E-state index in [1.165, 1.54) is 31.2 Å². The third kappa shape index (κ3) is 3.96. The van der Waals surface area contributed by atoms with Crippen molar-refractivity contribution in [1.82, 2.24) is 10.2 Å². The van der Waals surface area contributed by atoms with Gasteiger partial charge >= 0.3 is 0 Å². The highest BCUT2D eigenvalue weighted by molar-refractivity contribution is 9.10. The lowest BCUT2D eigenvalue weighted by Crippen LogP contribution is -2.46. The standard InChI is InChI=1S/C17H23BrN2O2.2ClH/c18-14-10-16-15(21-11-22-16)9-13(14)17(12-3-1-2-4-12)20-7-5-19-6-8-20;;/h9-10,12,17,19H,1-8,11H2;2*1H/t17-;;/m0../s1. The van der Waals surface area contributed by atoms with Gasteiger partial charge in [0, 0.05) is 36.7 Å². The van der Waals surface area contributed by atoms with E-state index in [9.17, 15) is 0 Å². The monoisotopic (exact) mass is 438 g/mol. The first-order valence-electron chi connectivity index (χ1n) is 8.37. The molecule has 1 aromatic carbocycles. The minimum absolute atomic E-state index is 0. The third-order valence-electron chi connectivity index (χ3n) is 5.20. The molecule has 0 aromatic heterocycles. The van der Waals surface area contributed by atoms with Crippen molar-refractivity contribution in [1.29, 1.82) is 0 Å². The first-order valence-corrected chi connectivity index (χ1v) is 9.16. The summed E-state index contributed by atoms with van der Waals surface area (Å²) in [4.78, 5) is 2.66. The summed E-state index contributed by atoms with van der Waals surface area (Å²) in [5.41, 5.74) is 1.37. The molecule has 4 rings (SSSR count). The van der Waals surface area contributed by atoms with Crippen LogP contribution >= 0.6 is 40.7 Å². The number of fused-ring (bicyclic) bond motifs is 1. The molecule has 1 aromatic rings. The van der Waals surface area contributed by atoms with E-state index in [0.29, 0.717) is 12.8 Å². The van der Waals surface area contributed by atoms with E-state index in [1.54, 1.807) is 0 Å². The molecule has 136 valence electrons. The summed E-state index contributed by atoms with van der Waals surface area (Å²) in [6, 6.07) is 4.78. The van der Waals surface area contributed by atoms with E-state index >= 15 is 0 Å². The first kappa shape index (κ1) is 20.1. The zero-order valence-electron chi connectivity index (χ0n) is 13.6. The van der Waals surface area contributed by atoms with Crippen molar-refractivity contribution >= 4 is 40.7 Å². The summed E-state index contributed by atoms with van der Waals surface area (Å²) in [5, 5.41) is 3.47. The van der Waals surface area contributed by atoms with Gasteiger partial charge in [0.15, 0.2) is 11.5 Å². The molecule has 1 N–H and O–H groups in total. The van der Waals surface area contributed by atoms with Crippen LogP contribution in [0.3, 0.4) is 0 Å². The maximum absolute atomic E-state index is 5.62. The molecular formula is C17H25BrCl2N2O2. The number of halogens is 3. The van der Waals surface area contributed by atoms with Crippen LogP contribution in [0.5, 0.6) is 11.5 Å². The van der Waals surface area contributed by atoms with Crippen LogP contribution in [0.2, 0.25) is 0 Å². The van der Waals surface area contributed by atoms with Crippen molar-refractivity contribution < 1.29 is 9.47 Å². The highest BCUT2D eigenvalue weighted by Crippen LogP contribution is 2.46. The second kappa shape index (κ2) is 8.95. The summed E-state index contributed by atoms with van der Waals surface area (Å²) >= 11 is 3.79. The van der Waals surface area contributed by atoms with E-state index < -0.39 is 0 Å². The Hall–Kier alpha value is -0.200. The van der Waals surface area contributed by atoms with Crippen LogP contribution in [0.25, 0.3) is 0 Å². The van der Waals surface area contributed by atoms with Crippen LogP contribution in [-0.2, 0) is 0 Å². The molecular weight excluding hydrogens is 415 g/mol. The van der Waals surface area contributed by atoms with Gasteiger partial charge in [0.2, 0.25) is 6.79 Å². The normalized spacial score (nSPS) is 21.9. The summed E-state index contributed by atoms with van der Waals surface area (Å²) in [6.45, 7) is 4.77. The largest absolute Gasteiger partial charge is 0.454 e. The molecule has 3 aliphatic rings. The van der Waals surface area contributed by atoms with Crippen LogP contribution in [0.15, 0.2) is 16.6 Å². The Morgan fingerprint density at radius 2 is 1.67 bits per heavy atom. The molecule has 0 radical (unpaired) electrons. The Labute approximate surface area is 164 Å². The van der Waals surface area contributed by atoms with Gasteiger partial charge in [-0.15, -0.1) is 24.8 Å². The predicted octanol–water partition coefficient (Wildman–Crippen LogP) is 4.16. The highest BCUT2D eigenvalue weighted by atomic mass is 79.9.